The lowest BCUT2D eigenvalue weighted by Crippen LogP contribution is -2.43. The molecule has 0 saturated carbocycles. The normalized spacial score (nSPS) is 11.9. The Bertz CT molecular complexity index is 410. The summed E-state index contributed by atoms with van der Waals surface area (Å²) in [4.78, 5) is 25.7. The Kier molecular flexibility index (Phi) is 4.21. The standard InChI is InChI=1S/C9H9ClN2O4/c10-7-3-1-2-5(11-7)8(14)12-6(4-13)9(15)16/h1-3,6,13H,4H2,(H,12,14)(H,15,16)/t6-/m0/s1. The number of aromatic nitrogens is 1. The Hall–Kier alpha value is -1.66. The maximum Gasteiger partial charge on any atom is 0.328 e. The van der Waals surface area contributed by atoms with Gasteiger partial charge in [-0.25, -0.2) is 9.78 Å². The quantitative estimate of drug-likeness (QED) is 0.643. The van der Waals surface area contributed by atoms with Gasteiger partial charge in [-0.2, -0.15) is 0 Å². The number of hydrogen-bond acceptors (Lipinski definition) is 4. The van der Waals surface area contributed by atoms with Gasteiger partial charge >= 0.3 is 5.97 Å². The molecule has 1 rings (SSSR count). The summed E-state index contributed by atoms with van der Waals surface area (Å²) in [6.45, 7) is -0.693. The van der Waals surface area contributed by atoms with Gasteiger partial charge in [0.1, 0.15) is 10.8 Å². The summed E-state index contributed by atoms with van der Waals surface area (Å²) in [5, 5.41) is 19.5. The molecule has 0 radical (unpaired) electrons. The molecule has 1 amide bonds. The number of nitrogens with one attached hydrogen (secondary N) is 1. The SMILES string of the molecule is O=C(N[C@@H](CO)C(=O)O)c1cccc(Cl)n1. The summed E-state index contributed by atoms with van der Waals surface area (Å²) in [6, 6.07) is 3.03. The molecule has 86 valence electrons. The van der Waals surface area contributed by atoms with Crippen molar-refractivity contribution >= 4 is 23.5 Å². The topological polar surface area (TPSA) is 99.5 Å². The largest absolute Gasteiger partial charge is 0.480 e. The molecule has 0 bridgehead atoms. The molecule has 0 aliphatic heterocycles. The molecule has 1 aromatic rings. The van der Waals surface area contributed by atoms with Gasteiger partial charge in [-0.3, -0.25) is 4.79 Å². The lowest BCUT2D eigenvalue weighted by molar-refractivity contribution is -0.140. The molecule has 1 aromatic heterocycles. The number of carbonyl (C=O) groups excluding carboxylic acids is 1. The van der Waals surface area contributed by atoms with Crippen molar-refractivity contribution in [1.82, 2.24) is 10.3 Å². The third kappa shape index (κ3) is 3.18. The maximum atomic E-state index is 11.5. The molecule has 0 aromatic carbocycles. The first-order chi connectivity index (χ1) is 7.54. The minimum atomic E-state index is -1.35. The lowest BCUT2D eigenvalue weighted by atomic mass is 10.3. The van der Waals surface area contributed by atoms with E-state index in [-0.39, 0.29) is 10.8 Å². The highest BCUT2D eigenvalue weighted by atomic mass is 35.5. The average molecular weight is 245 g/mol. The molecule has 0 aliphatic rings. The number of rotatable bonds is 4. The van der Waals surface area contributed by atoms with Gasteiger partial charge in [0.25, 0.3) is 5.91 Å². The predicted molar refractivity (Wildman–Crippen MR) is 55.2 cm³/mol. The number of amides is 1. The third-order valence-corrected chi connectivity index (χ3v) is 1.94. The maximum absolute atomic E-state index is 11.5. The van der Waals surface area contributed by atoms with E-state index in [0.717, 1.165) is 0 Å². The number of halogens is 1. The fourth-order valence-electron chi connectivity index (χ4n) is 0.952. The zero-order valence-corrected chi connectivity index (χ0v) is 8.81. The van der Waals surface area contributed by atoms with E-state index < -0.39 is 24.5 Å². The minimum absolute atomic E-state index is 0.00722. The molecular formula is C9H9ClN2O4. The molecule has 0 spiro atoms. The number of aliphatic hydroxyl groups is 1. The first-order valence-electron chi connectivity index (χ1n) is 4.31. The predicted octanol–water partition coefficient (Wildman–Crippen LogP) is -0.0897. The Balaban J connectivity index is 2.75. The molecule has 0 aliphatic carbocycles. The van der Waals surface area contributed by atoms with Crippen LogP contribution >= 0.6 is 11.6 Å². The van der Waals surface area contributed by atoms with Crippen molar-refractivity contribution in [2.24, 2.45) is 0 Å². The van der Waals surface area contributed by atoms with E-state index in [1.165, 1.54) is 18.2 Å². The van der Waals surface area contributed by atoms with Crippen molar-refractivity contribution in [2.75, 3.05) is 6.61 Å². The molecule has 1 atom stereocenters. The summed E-state index contributed by atoms with van der Waals surface area (Å²) < 4.78 is 0. The number of carbonyl (C=O) groups is 2. The third-order valence-electron chi connectivity index (χ3n) is 1.73. The van der Waals surface area contributed by atoms with Crippen LogP contribution in [0.2, 0.25) is 5.15 Å². The van der Waals surface area contributed by atoms with Crippen molar-refractivity contribution in [3.63, 3.8) is 0 Å². The Labute approximate surface area is 95.9 Å². The number of aliphatic carboxylic acids is 1. The van der Waals surface area contributed by atoms with Crippen LogP contribution in [0.15, 0.2) is 18.2 Å². The van der Waals surface area contributed by atoms with E-state index in [4.69, 9.17) is 21.8 Å². The van der Waals surface area contributed by atoms with Gasteiger partial charge < -0.3 is 15.5 Å². The van der Waals surface area contributed by atoms with Gasteiger partial charge in [-0.15, -0.1) is 0 Å². The highest BCUT2D eigenvalue weighted by molar-refractivity contribution is 6.29. The van der Waals surface area contributed by atoms with Crippen molar-refractivity contribution in [3.8, 4) is 0 Å². The van der Waals surface area contributed by atoms with Gasteiger partial charge in [-0.05, 0) is 12.1 Å². The van der Waals surface area contributed by atoms with Crippen molar-refractivity contribution in [3.05, 3.63) is 29.0 Å². The summed E-state index contributed by atoms with van der Waals surface area (Å²) in [7, 11) is 0. The zero-order valence-electron chi connectivity index (χ0n) is 8.05. The highest BCUT2D eigenvalue weighted by Crippen LogP contribution is 2.05. The van der Waals surface area contributed by atoms with E-state index >= 15 is 0 Å². The summed E-state index contributed by atoms with van der Waals surface area (Å²) in [5.41, 5.74) is -0.00722. The Morgan fingerprint density at radius 2 is 2.19 bits per heavy atom. The number of carboxylic acid groups (broad SMARTS) is 1. The molecule has 6 nitrogen and oxygen atoms in total. The fourth-order valence-corrected chi connectivity index (χ4v) is 1.12. The molecular weight excluding hydrogens is 236 g/mol. The average Bonchev–Trinajstić information content (AvgIpc) is 2.25. The van der Waals surface area contributed by atoms with E-state index in [9.17, 15) is 9.59 Å². The van der Waals surface area contributed by atoms with E-state index in [1.54, 1.807) is 0 Å². The van der Waals surface area contributed by atoms with E-state index in [2.05, 4.69) is 10.3 Å². The molecule has 3 N–H and O–H groups in total. The first kappa shape index (κ1) is 12.4. The molecule has 16 heavy (non-hydrogen) atoms. The number of hydrogen-bond donors (Lipinski definition) is 3. The van der Waals surface area contributed by atoms with Crippen LogP contribution in [-0.4, -0.2) is 39.7 Å². The van der Waals surface area contributed by atoms with Crippen LogP contribution in [0.25, 0.3) is 0 Å². The lowest BCUT2D eigenvalue weighted by Gasteiger charge is -2.10. The van der Waals surface area contributed by atoms with Gasteiger partial charge in [0.2, 0.25) is 0 Å². The van der Waals surface area contributed by atoms with E-state index in [0.29, 0.717) is 0 Å². The van der Waals surface area contributed by atoms with Crippen LogP contribution in [0.1, 0.15) is 10.5 Å². The number of carboxylic acids is 1. The summed E-state index contributed by atoms with van der Waals surface area (Å²) >= 11 is 5.57. The van der Waals surface area contributed by atoms with Gasteiger partial charge in [0, 0.05) is 0 Å². The molecule has 7 heteroatoms. The van der Waals surface area contributed by atoms with Crippen LogP contribution in [0.4, 0.5) is 0 Å². The fraction of sp³-hybridized carbons (Fsp3) is 0.222. The first-order valence-corrected chi connectivity index (χ1v) is 4.69. The monoisotopic (exact) mass is 244 g/mol. The van der Waals surface area contributed by atoms with Crippen molar-refractivity contribution in [1.29, 1.82) is 0 Å². The highest BCUT2D eigenvalue weighted by Gasteiger charge is 2.20. The second-order valence-electron chi connectivity index (χ2n) is 2.89. The molecule has 0 saturated heterocycles. The van der Waals surface area contributed by atoms with Gasteiger partial charge in [-0.1, -0.05) is 17.7 Å². The van der Waals surface area contributed by atoms with Crippen LogP contribution in [0, 0.1) is 0 Å². The van der Waals surface area contributed by atoms with Crippen molar-refractivity contribution in [2.45, 2.75) is 6.04 Å². The summed E-state index contributed by atoms with van der Waals surface area (Å²) in [6.07, 6.45) is 0. The second kappa shape index (κ2) is 5.43. The number of pyridine rings is 1. The smallest absolute Gasteiger partial charge is 0.328 e. The van der Waals surface area contributed by atoms with Crippen LogP contribution < -0.4 is 5.32 Å². The number of aliphatic hydroxyl groups excluding tert-OH is 1. The van der Waals surface area contributed by atoms with Crippen LogP contribution in [-0.2, 0) is 4.79 Å². The van der Waals surface area contributed by atoms with Gasteiger partial charge in [0.05, 0.1) is 6.61 Å². The zero-order chi connectivity index (χ0) is 12.1. The van der Waals surface area contributed by atoms with Crippen LogP contribution in [0.3, 0.4) is 0 Å². The Morgan fingerprint density at radius 3 is 2.69 bits per heavy atom. The molecule has 0 fully saturated rings. The Morgan fingerprint density at radius 1 is 1.50 bits per heavy atom. The van der Waals surface area contributed by atoms with E-state index in [1.807, 2.05) is 0 Å². The second-order valence-corrected chi connectivity index (χ2v) is 3.28. The van der Waals surface area contributed by atoms with Crippen LogP contribution in [0.5, 0.6) is 0 Å². The summed E-state index contributed by atoms with van der Waals surface area (Å²) in [5.74, 6) is -2.03. The molecule has 1 heterocycles. The minimum Gasteiger partial charge on any atom is -0.480 e. The number of nitrogens with zero attached hydrogens (tertiary/aromatic N) is 1. The van der Waals surface area contributed by atoms with Gasteiger partial charge in [0.15, 0.2) is 6.04 Å². The molecule has 0 unspecified atom stereocenters. The van der Waals surface area contributed by atoms with Crippen molar-refractivity contribution < 1.29 is 19.8 Å².